The molecule has 0 aliphatic carbocycles. The molecule has 1 rings (SSSR count). The van der Waals surface area contributed by atoms with Gasteiger partial charge in [-0.1, -0.05) is 28.9 Å². The zero-order valence-corrected chi connectivity index (χ0v) is 16.3. The van der Waals surface area contributed by atoms with Crippen molar-refractivity contribution < 1.29 is 14.3 Å². The molecule has 1 heterocycles. The number of hydrogen-bond acceptors (Lipinski definition) is 3. The summed E-state index contributed by atoms with van der Waals surface area (Å²) >= 11 is 0. The highest BCUT2D eigenvalue weighted by Gasteiger charge is 2.50. The van der Waals surface area contributed by atoms with Gasteiger partial charge in [0.15, 0.2) is 0 Å². The van der Waals surface area contributed by atoms with Crippen molar-refractivity contribution in [2.45, 2.75) is 84.8 Å². The number of allylic oxidation sites excluding steroid dienone is 5. The van der Waals surface area contributed by atoms with Gasteiger partial charge in [0.05, 0.1) is 18.8 Å². The van der Waals surface area contributed by atoms with Gasteiger partial charge in [-0.25, -0.2) is 4.79 Å². The van der Waals surface area contributed by atoms with E-state index in [1.807, 2.05) is 6.92 Å². The smallest absolute Gasteiger partial charge is 0.330 e. The fourth-order valence-corrected chi connectivity index (χ4v) is 2.86. The molecule has 3 heteroatoms. The molecule has 0 aromatic carbocycles. The van der Waals surface area contributed by atoms with E-state index in [1.165, 1.54) is 18.3 Å². The van der Waals surface area contributed by atoms with Crippen molar-refractivity contribution in [3.8, 4) is 0 Å². The van der Waals surface area contributed by atoms with E-state index in [4.69, 9.17) is 4.74 Å². The van der Waals surface area contributed by atoms with Crippen LogP contribution in [0.25, 0.3) is 0 Å². The molecule has 1 aliphatic heterocycles. The van der Waals surface area contributed by atoms with Gasteiger partial charge in [-0.3, -0.25) is 0 Å². The molecule has 0 spiro atoms. The molecular formula is C21H34O3. The number of hydrogen-bond donors (Lipinski definition) is 0. The molecular weight excluding hydrogens is 300 g/mol. The third-order valence-corrected chi connectivity index (χ3v) is 4.63. The maximum Gasteiger partial charge on any atom is 0.330 e. The highest BCUT2D eigenvalue weighted by Crippen LogP contribution is 2.43. The number of carbonyl (C=O) groups excluding carboxylic acids is 1. The van der Waals surface area contributed by atoms with Crippen LogP contribution >= 0.6 is 0 Å². The van der Waals surface area contributed by atoms with E-state index in [1.54, 1.807) is 6.08 Å². The van der Waals surface area contributed by atoms with Crippen molar-refractivity contribution in [2.24, 2.45) is 0 Å². The maximum absolute atomic E-state index is 11.2. The summed E-state index contributed by atoms with van der Waals surface area (Å²) in [6, 6.07) is 0. The number of carbonyl (C=O) groups is 1. The van der Waals surface area contributed by atoms with E-state index in [-0.39, 0.29) is 11.6 Å². The lowest BCUT2D eigenvalue weighted by atomic mass is 9.96. The van der Waals surface area contributed by atoms with Crippen molar-refractivity contribution in [2.75, 3.05) is 7.11 Å². The Hall–Kier alpha value is -1.35. The molecule has 1 fully saturated rings. The van der Waals surface area contributed by atoms with Crippen LogP contribution in [0.1, 0.15) is 73.1 Å². The molecule has 0 N–H and O–H groups in total. The molecule has 0 amide bonds. The summed E-state index contributed by atoms with van der Waals surface area (Å²) in [6.07, 6.45) is 12.8. The average Bonchev–Trinajstić information content (AvgIpc) is 3.15. The lowest BCUT2D eigenvalue weighted by molar-refractivity contribution is -0.134. The van der Waals surface area contributed by atoms with Crippen LogP contribution in [0.5, 0.6) is 0 Å². The topological polar surface area (TPSA) is 38.8 Å². The largest absolute Gasteiger partial charge is 0.466 e. The van der Waals surface area contributed by atoms with Crippen LogP contribution in [0.2, 0.25) is 0 Å². The molecule has 3 nitrogen and oxygen atoms in total. The molecule has 2 atom stereocenters. The van der Waals surface area contributed by atoms with Gasteiger partial charge in [-0.15, -0.1) is 0 Å². The van der Waals surface area contributed by atoms with Crippen LogP contribution in [0.15, 0.2) is 34.9 Å². The number of methoxy groups -OCH3 is 1. The van der Waals surface area contributed by atoms with E-state index in [0.717, 1.165) is 44.1 Å². The Kier molecular flexibility index (Phi) is 8.47. The first-order chi connectivity index (χ1) is 11.3. The second-order valence-corrected chi connectivity index (χ2v) is 7.38. The molecule has 24 heavy (non-hydrogen) atoms. The van der Waals surface area contributed by atoms with E-state index in [2.05, 4.69) is 44.6 Å². The quantitative estimate of drug-likeness (QED) is 0.229. The zero-order valence-electron chi connectivity index (χ0n) is 16.3. The van der Waals surface area contributed by atoms with Gasteiger partial charge in [-0.05, 0) is 73.1 Å². The molecule has 2 unspecified atom stereocenters. The van der Waals surface area contributed by atoms with Crippen LogP contribution in [0.4, 0.5) is 0 Å². The Bertz CT molecular complexity index is 509. The van der Waals surface area contributed by atoms with Crippen molar-refractivity contribution in [3.05, 3.63) is 34.9 Å². The molecule has 136 valence electrons. The average molecular weight is 335 g/mol. The summed E-state index contributed by atoms with van der Waals surface area (Å²) < 4.78 is 10.5. The number of ether oxygens (including phenoxy) is 2. The standard InChI is InChI=1S/C21H34O3/c1-16(2)9-7-10-17(3)11-8-14-21(5)19(24-21)13-12-18(4)15-20(22)23-6/h9,11,15,19H,7-8,10,12-14H2,1-6H3/b17-11+,18-15+. The minimum Gasteiger partial charge on any atom is -0.466 e. The number of epoxide rings is 1. The van der Waals surface area contributed by atoms with E-state index in [9.17, 15) is 4.79 Å². The SMILES string of the molecule is COC(=O)/C=C(\C)CCC1OC1(C)CC/C=C(\C)CCC=C(C)C. The van der Waals surface area contributed by atoms with Gasteiger partial charge >= 0.3 is 5.97 Å². The zero-order chi connectivity index (χ0) is 18.2. The van der Waals surface area contributed by atoms with E-state index < -0.39 is 0 Å². The van der Waals surface area contributed by atoms with Crippen LogP contribution in [-0.4, -0.2) is 24.8 Å². The highest BCUT2D eigenvalue weighted by molar-refractivity contribution is 5.82. The van der Waals surface area contributed by atoms with Gasteiger partial charge in [-0.2, -0.15) is 0 Å². The fraction of sp³-hybridized carbons (Fsp3) is 0.667. The summed E-state index contributed by atoms with van der Waals surface area (Å²) in [4.78, 5) is 11.2. The molecule has 0 aromatic heterocycles. The van der Waals surface area contributed by atoms with E-state index in [0.29, 0.717) is 6.10 Å². The van der Waals surface area contributed by atoms with Crippen molar-refractivity contribution in [1.29, 1.82) is 0 Å². The maximum atomic E-state index is 11.2. The van der Waals surface area contributed by atoms with Gasteiger partial charge in [0.2, 0.25) is 0 Å². The summed E-state index contributed by atoms with van der Waals surface area (Å²) in [5.74, 6) is -0.277. The normalized spacial score (nSPS) is 23.8. The van der Waals surface area contributed by atoms with Crippen molar-refractivity contribution in [1.82, 2.24) is 0 Å². The molecule has 0 saturated carbocycles. The molecule has 0 aromatic rings. The predicted molar refractivity (Wildman–Crippen MR) is 99.9 cm³/mol. The first-order valence-corrected chi connectivity index (χ1v) is 8.99. The summed E-state index contributed by atoms with van der Waals surface area (Å²) in [7, 11) is 1.41. The predicted octanol–water partition coefficient (Wildman–Crippen LogP) is 5.52. The first-order valence-electron chi connectivity index (χ1n) is 8.99. The van der Waals surface area contributed by atoms with Gasteiger partial charge in [0.25, 0.3) is 0 Å². The fourth-order valence-electron chi connectivity index (χ4n) is 2.86. The van der Waals surface area contributed by atoms with Gasteiger partial charge in [0, 0.05) is 6.08 Å². The molecule has 0 bridgehead atoms. The Morgan fingerprint density at radius 2 is 1.79 bits per heavy atom. The van der Waals surface area contributed by atoms with Crippen LogP contribution in [0.3, 0.4) is 0 Å². The highest BCUT2D eigenvalue weighted by atomic mass is 16.6. The third-order valence-electron chi connectivity index (χ3n) is 4.63. The number of esters is 1. The third kappa shape index (κ3) is 7.96. The molecule has 1 saturated heterocycles. The van der Waals surface area contributed by atoms with Crippen LogP contribution in [0, 0.1) is 0 Å². The lowest BCUT2D eigenvalue weighted by Crippen LogP contribution is -2.09. The Morgan fingerprint density at radius 3 is 2.42 bits per heavy atom. The van der Waals surface area contributed by atoms with Gasteiger partial charge in [0.1, 0.15) is 0 Å². The van der Waals surface area contributed by atoms with Crippen LogP contribution in [-0.2, 0) is 14.3 Å². The van der Waals surface area contributed by atoms with Gasteiger partial charge < -0.3 is 9.47 Å². The Balaban J connectivity index is 2.26. The Morgan fingerprint density at radius 1 is 1.08 bits per heavy atom. The first kappa shape index (κ1) is 20.7. The summed E-state index contributed by atoms with van der Waals surface area (Å²) in [5, 5.41) is 0. The van der Waals surface area contributed by atoms with Crippen LogP contribution < -0.4 is 0 Å². The number of rotatable bonds is 10. The monoisotopic (exact) mass is 334 g/mol. The van der Waals surface area contributed by atoms with E-state index >= 15 is 0 Å². The minimum absolute atomic E-state index is 0.0161. The van der Waals surface area contributed by atoms with Crippen molar-refractivity contribution in [3.63, 3.8) is 0 Å². The molecule has 0 radical (unpaired) electrons. The summed E-state index contributed by atoms with van der Waals surface area (Å²) in [5.41, 5.74) is 3.92. The second-order valence-electron chi connectivity index (χ2n) is 7.38. The lowest BCUT2D eigenvalue weighted by Gasteiger charge is -2.06. The minimum atomic E-state index is -0.277. The Labute approximate surface area is 147 Å². The molecule has 1 aliphatic rings. The second kappa shape index (κ2) is 9.83. The summed E-state index contributed by atoms with van der Waals surface area (Å²) in [6.45, 7) is 10.7. The van der Waals surface area contributed by atoms with Crippen molar-refractivity contribution >= 4 is 5.97 Å².